The van der Waals surface area contributed by atoms with Gasteiger partial charge < -0.3 is 34.1 Å². The molecule has 206 valence electrons. The van der Waals surface area contributed by atoms with E-state index in [1.165, 1.54) is 12.7 Å². The SMILES string of the molecule is Cc1ccc(C[C@H]2OC3=C(O2)[C@@H](COCP(=O)(O)O)O[C@H]3n2cnc3c(NC(=O)NC4CC4)ncnc32)cc1. The van der Waals surface area contributed by atoms with Gasteiger partial charge in [-0.05, 0) is 25.3 Å². The summed E-state index contributed by atoms with van der Waals surface area (Å²) in [5, 5.41) is 5.56. The molecule has 3 aliphatic rings. The lowest BCUT2D eigenvalue weighted by Gasteiger charge is -2.23. The van der Waals surface area contributed by atoms with Crippen molar-refractivity contribution in [2.75, 3.05) is 18.3 Å². The zero-order chi connectivity index (χ0) is 27.1. The number of amides is 2. The van der Waals surface area contributed by atoms with Crippen molar-refractivity contribution in [1.29, 1.82) is 0 Å². The van der Waals surface area contributed by atoms with Crippen molar-refractivity contribution in [2.24, 2.45) is 0 Å². The van der Waals surface area contributed by atoms with Crippen molar-refractivity contribution in [3.8, 4) is 0 Å². The molecule has 1 aliphatic carbocycles. The number of aromatic nitrogens is 4. The number of nitrogens with one attached hydrogen (secondary N) is 2. The number of aryl methyl sites for hydroxylation is 1. The Morgan fingerprint density at radius 1 is 1.15 bits per heavy atom. The second-order valence-electron chi connectivity index (χ2n) is 9.64. The minimum atomic E-state index is -4.37. The van der Waals surface area contributed by atoms with Crippen LogP contribution in [0.4, 0.5) is 10.6 Å². The van der Waals surface area contributed by atoms with Crippen LogP contribution >= 0.6 is 7.60 Å². The summed E-state index contributed by atoms with van der Waals surface area (Å²) >= 11 is 0. The molecule has 1 saturated carbocycles. The number of hydrogen-bond donors (Lipinski definition) is 4. The molecule has 4 heterocycles. The molecule has 6 rings (SSSR count). The van der Waals surface area contributed by atoms with Gasteiger partial charge in [-0.1, -0.05) is 29.8 Å². The Hall–Kier alpha value is -3.55. The third kappa shape index (κ3) is 5.75. The predicted octanol–water partition coefficient (Wildman–Crippen LogP) is 2.30. The maximum absolute atomic E-state index is 12.3. The Labute approximate surface area is 222 Å². The van der Waals surface area contributed by atoms with Crippen molar-refractivity contribution in [1.82, 2.24) is 24.8 Å². The van der Waals surface area contributed by atoms with Crippen LogP contribution in [0.15, 0.2) is 48.4 Å². The number of carbonyl (C=O) groups excluding carboxylic acids is 1. The average molecular weight is 558 g/mol. The highest BCUT2D eigenvalue weighted by Gasteiger charge is 2.46. The van der Waals surface area contributed by atoms with E-state index in [0.717, 1.165) is 24.0 Å². The van der Waals surface area contributed by atoms with Gasteiger partial charge in [-0.2, -0.15) is 0 Å². The van der Waals surface area contributed by atoms with Gasteiger partial charge >= 0.3 is 13.6 Å². The van der Waals surface area contributed by atoms with Crippen molar-refractivity contribution < 1.29 is 38.1 Å². The van der Waals surface area contributed by atoms with Crippen LogP contribution < -0.4 is 10.6 Å². The second-order valence-corrected chi connectivity index (χ2v) is 11.2. The van der Waals surface area contributed by atoms with Crippen molar-refractivity contribution in [3.05, 3.63) is 59.6 Å². The maximum atomic E-state index is 12.3. The molecule has 0 radical (unpaired) electrons. The van der Waals surface area contributed by atoms with Gasteiger partial charge in [0, 0.05) is 12.5 Å². The first kappa shape index (κ1) is 25.7. The maximum Gasteiger partial charge on any atom is 0.350 e. The summed E-state index contributed by atoms with van der Waals surface area (Å²) in [5.74, 6) is 1.00. The van der Waals surface area contributed by atoms with Crippen molar-refractivity contribution in [3.63, 3.8) is 0 Å². The van der Waals surface area contributed by atoms with E-state index in [2.05, 4.69) is 25.6 Å². The van der Waals surface area contributed by atoms with E-state index in [0.29, 0.717) is 29.1 Å². The number of imidazole rings is 1. The number of nitrogens with zero attached hydrogens (tertiary/aromatic N) is 4. The number of benzene rings is 1. The molecule has 3 aromatic rings. The van der Waals surface area contributed by atoms with Gasteiger partial charge in [0.25, 0.3) is 0 Å². The van der Waals surface area contributed by atoms with Crippen LogP contribution in [0.1, 0.15) is 30.2 Å². The van der Waals surface area contributed by atoms with E-state index in [1.807, 2.05) is 31.2 Å². The first-order valence-electron chi connectivity index (χ1n) is 12.4. The lowest BCUT2D eigenvalue weighted by Crippen LogP contribution is -2.30. The average Bonchev–Trinajstić information content (AvgIpc) is 3.29. The summed E-state index contributed by atoms with van der Waals surface area (Å²) in [7, 11) is -4.37. The highest BCUT2D eigenvalue weighted by Crippen LogP contribution is 2.44. The molecule has 0 saturated heterocycles. The van der Waals surface area contributed by atoms with Crippen LogP contribution in [0, 0.1) is 6.92 Å². The summed E-state index contributed by atoms with van der Waals surface area (Å²) < 4.78 is 36.6. The summed E-state index contributed by atoms with van der Waals surface area (Å²) in [4.78, 5) is 43.6. The van der Waals surface area contributed by atoms with Crippen molar-refractivity contribution in [2.45, 2.75) is 50.8 Å². The van der Waals surface area contributed by atoms with E-state index in [9.17, 15) is 19.1 Å². The minimum Gasteiger partial charge on any atom is -0.452 e. The normalized spacial score (nSPS) is 22.5. The Bertz CT molecular complexity index is 1470. The highest BCUT2D eigenvalue weighted by atomic mass is 31.2. The van der Waals surface area contributed by atoms with E-state index in [-0.39, 0.29) is 24.5 Å². The van der Waals surface area contributed by atoms with Gasteiger partial charge in [-0.3, -0.25) is 14.4 Å². The van der Waals surface area contributed by atoms with Gasteiger partial charge in [-0.25, -0.2) is 19.7 Å². The fourth-order valence-electron chi connectivity index (χ4n) is 4.37. The molecule has 15 heteroatoms. The summed E-state index contributed by atoms with van der Waals surface area (Å²) in [6, 6.07) is 7.80. The minimum absolute atomic E-state index is 0.170. The number of anilines is 1. The molecule has 14 nitrogen and oxygen atoms in total. The van der Waals surface area contributed by atoms with Crippen LogP contribution in [0.5, 0.6) is 0 Å². The Morgan fingerprint density at radius 3 is 2.67 bits per heavy atom. The molecule has 3 atom stereocenters. The quantitative estimate of drug-likeness (QED) is 0.283. The van der Waals surface area contributed by atoms with Crippen LogP contribution in [-0.4, -0.2) is 66.7 Å². The third-order valence-electron chi connectivity index (χ3n) is 6.38. The Morgan fingerprint density at radius 2 is 1.92 bits per heavy atom. The monoisotopic (exact) mass is 558 g/mol. The molecule has 39 heavy (non-hydrogen) atoms. The van der Waals surface area contributed by atoms with Crippen LogP contribution in [0.25, 0.3) is 11.2 Å². The number of hydrogen-bond acceptors (Lipinski definition) is 9. The molecular formula is C24H27N6O8P. The first-order chi connectivity index (χ1) is 18.7. The number of fused-ring (bicyclic) bond motifs is 1. The molecule has 2 aliphatic heterocycles. The molecule has 0 unspecified atom stereocenters. The van der Waals surface area contributed by atoms with Gasteiger partial charge in [0.2, 0.25) is 6.29 Å². The molecule has 0 spiro atoms. The van der Waals surface area contributed by atoms with Crippen LogP contribution in [-0.2, 0) is 29.9 Å². The Kier molecular flexibility index (Phi) is 6.73. The summed E-state index contributed by atoms with van der Waals surface area (Å²) in [6.45, 7) is 1.84. The van der Waals surface area contributed by atoms with Gasteiger partial charge in [-0.15, -0.1) is 0 Å². The molecule has 1 fully saturated rings. The standard InChI is InChI=1S/C24H27N6O8P/c1-13-2-4-14(5-3-13)8-17-37-19-16(9-35-12-39(32,33)34)36-23(20(19)38-17)30-11-27-18-21(25-10-26-22(18)30)29-24(31)28-15-6-7-15/h2-5,10-11,15-17,23H,6-9,12H2,1H3,(H2,32,33,34)(H2,25,26,28,29,31)/t16-,17-,23-/m1/s1. The topological polar surface area (TPSA) is 179 Å². The van der Waals surface area contributed by atoms with Crippen LogP contribution in [0.2, 0.25) is 0 Å². The first-order valence-corrected chi connectivity index (χ1v) is 14.2. The largest absolute Gasteiger partial charge is 0.452 e. The molecule has 1 aromatic carbocycles. The van der Waals surface area contributed by atoms with E-state index >= 15 is 0 Å². The second kappa shape index (κ2) is 10.2. The van der Waals surface area contributed by atoms with Gasteiger partial charge in [0.15, 0.2) is 34.7 Å². The van der Waals surface area contributed by atoms with E-state index in [1.54, 1.807) is 4.57 Å². The smallest absolute Gasteiger partial charge is 0.350 e. The van der Waals surface area contributed by atoms with Crippen LogP contribution in [0.3, 0.4) is 0 Å². The Balaban J connectivity index is 1.24. The lowest BCUT2D eigenvalue weighted by atomic mass is 10.1. The number of carbonyl (C=O) groups is 1. The van der Waals surface area contributed by atoms with Gasteiger partial charge in [0.05, 0.1) is 12.9 Å². The van der Waals surface area contributed by atoms with E-state index in [4.69, 9.17) is 18.9 Å². The number of rotatable bonds is 9. The third-order valence-corrected chi connectivity index (χ3v) is 6.90. The highest BCUT2D eigenvalue weighted by molar-refractivity contribution is 7.51. The molecule has 2 amide bonds. The zero-order valence-corrected chi connectivity index (χ0v) is 21.8. The lowest BCUT2D eigenvalue weighted by molar-refractivity contribution is -0.124. The number of urea groups is 1. The van der Waals surface area contributed by atoms with E-state index < -0.39 is 32.6 Å². The molecular weight excluding hydrogens is 531 g/mol. The molecule has 4 N–H and O–H groups in total. The number of ether oxygens (including phenoxy) is 4. The summed E-state index contributed by atoms with van der Waals surface area (Å²) in [5.41, 5.74) is 2.88. The fraction of sp³-hybridized carbons (Fsp3) is 0.417. The molecule has 0 bridgehead atoms. The fourth-order valence-corrected chi connectivity index (χ4v) is 4.72. The van der Waals surface area contributed by atoms with Gasteiger partial charge in [0.1, 0.15) is 18.8 Å². The predicted molar refractivity (Wildman–Crippen MR) is 135 cm³/mol. The summed E-state index contributed by atoms with van der Waals surface area (Å²) in [6.07, 6.45) is 2.13. The zero-order valence-electron chi connectivity index (χ0n) is 20.9. The molecule has 2 aromatic heterocycles. The van der Waals surface area contributed by atoms with Crippen molar-refractivity contribution >= 4 is 30.6 Å².